The summed E-state index contributed by atoms with van der Waals surface area (Å²) in [4.78, 5) is 12.4. The summed E-state index contributed by atoms with van der Waals surface area (Å²) in [6.07, 6.45) is 0. The molecular formula is C21H20N2O3. The first-order valence-corrected chi connectivity index (χ1v) is 8.17. The maximum absolute atomic E-state index is 12.4. The van der Waals surface area contributed by atoms with E-state index in [0.717, 1.165) is 5.56 Å². The van der Waals surface area contributed by atoms with E-state index in [-0.39, 0.29) is 5.91 Å². The number of hydrogen-bond donors (Lipinski definition) is 2. The Kier molecular flexibility index (Phi) is 5.39. The zero-order chi connectivity index (χ0) is 18.4. The highest BCUT2D eigenvalue weighted by Crippen LogP contribution is 2.29. The highest BCUT2D eigenvalue weighted by Gasteiger charge is 2.12. The molecule has 1 amide bonds. The van der Waals surface area contributed by atoms with Crippen molar-refractivity contribution in [1.82, 2.24) is 0 Å². The smallest absolute Gasteiger partial charge is 0.255 e. The second-order valence-corrected chi connectivity index (χ2v) is 5.72. The van der Waals surface area contributed by atoms with E-state index in [4.69, 9.17) is 15.2 Å². The lowest BCUT2D eigenvalue weighted by molar-refractivity contribution is 0.102. The first-order chi connectivity index (χ1) is 12.7. The van der Waals surface area contributed by atoms with Gasteiger partial charge >= 0.3 is 0 Å². The maximum Gasteiger partial charge on any atom is 0.255 e. The molecule has 0 radical (unpaired) electrons. The van der Waals surface area contributed by atoms with Gasteiger partial charge in [0.25, 0.3) is 5.91 Å². The van der Waals surface area contributed by atoms with Crippen LogP contribution in [0.2, 0.25) is 0 Å². The quantitative estimate of drug-likeness (QED) is 0.658. The lowest BCUT2D eigenvalue weighted by Crippen LogP contribution is -2.12. The summed E-state index contributed by atoms with van der Waals surface area (Å²) in [5.74, 6) is 0.856. The minimum absolute atomic E-state index is 0.234. The van der Waals surface area contributed by atoms with Crippen molar-refractivity contribution < 1.29 is 14.3 Å². The Hall–Kier alpha value is -3.47. The molecule has 26 heavy (non-hydrogen) atoms. The Bertz CT molecular complexity index is 878. The van der Waals surface area contributed by atoms with Crippen molar-refractivity contribution in [3.8, 4) is 11.5 Å². The Morgan fingerprint density at radius 2 is 1.69 bits per heavy atom. The molecule has 0 heterocycles. The summed E-state index contributed by atoms with van der Waals surface area (Å²) in [5, 5.41) is 2.82. The van der Waals surface area contributed by atoms with Crippen LogP contribution in [-0.2, 0) is 6.61 Å². The first kappa shape index (κ1) is 17.4. The number of ether oxygens (including phenoxy) is 2. The van der Waals surface area contributed by atoms with Crippen LogP contribution in [0.4, 0.5) is 11.4 Å². The topological polar surface area (TPSA) is 73.6 Å². The van der Waals surface area contributed by atoms with Gasteiger partial charge in [0, 0.05) is 16.9 Å². The fraction of sp³-hybridized carbons (Fsp3) is 0.0952. The summed E-state index contributed by atoms with van der Waals surface area (Å²) in [6.45, 7) is 0.425. The van der Waals surface area contributed by atoms with Crippen molar-refractivity contribution in [3.05, 3.63) is 83.9 Å². The number of amides is 1. The van der Waals surface area contributed by atoms with E-state index in [1.807, 2.05) is 30.3 Å². The molecule has 0 aromatic heterocycles. The summed E-state index contributed by atoms with van der Waals surface area (Å²) in [6, 6.07) is 21.9. The SMILES string of the molecule is COc1cc(C(=O)Nc2ccc(N)cc2)ccc1OCc1ccccc1. The molecule has 0 atom stereocenters. The van der Waals surface area contributed by atoms with Gasteiger partial charge in [-0.1, -0.05) is 30.3 Å². The van der Waals surface area contributed by atoms with Gasteiger partial charge in [0.05, 0.1) is 7.11 Å². The van der Waals surface area contributed by atoms with Crippen LogP contribution in [0.25, 0.3) is 0 Å². The molecule has 0 saturated carbocycles. The fourth-order valence-electron chi connectivity index (χ4n) is 2.43. The lowest BCUT2D eigenvalue weighted by Gasteiger charge is -2.12. The normalized spacial score (nSPS) is 10.2. The number of nitrogens with two attached hydrogens (primary N) is 1. The van der Waals surface area contributed by atoms with E-state index in [2.05, 4.69) is 5.32 Å². The standard InChI is InChI=1S/C21H20N2O3/c1-25-20-13-16(21(24)23-18-10-8-17(22)9-11-18)7-12-19(20)26-14-15-5-3-2-4-6-15/h2-13H,14,22H2,1H3,(H,23,24). The molecule has 5 heteroatoms. The first-order valence-electron chi connectivity index (χ1n) is 8.17. The second kappa shape index (κ2) is 8.07. The van der Waals surface area contributed by atoms with E-state index >= 15 is 0 Å². The van der Waals surface area contributed by atoms with Crippen LogP contribution in [-0.4, -0.2) is 13.0 Å². The van der Waals surface area contributed by atoms with Gasteiger partial charge in [-0.2, -0.15) is 0 Å². The molecule has 0 fully saturated rings. The average molecular weight is 348 g/mol. The summed E-state index contributed by atoms with van der Waals surface area (Å²) in [7, 11) is 1.55. The number of anilines is 2. The zero-order valence-electron chi connectivity index (χ0n) is 14.4. The van der Waals surface area contributed by atoms with Gasteiger partial charge in [-0.05, 0) is 48.0 Å². The van der Waals surface area contributed by atoms with Gasteiger partial charge in [0.15, 0.2) is 11.5 Å². The van der Waals surface area contributed by atoms with Gasteiger partial charge < -0.3 is 20.5 Å². The molecule has 3 aromatic rings. The molecule has 3 N–H and O–H groups in total. The number of benzene rings is 3. The summed E-state index contributed by atoms with van der Waals surface area (Å²) in [5.41, 5.74) is 8.50. The Morgan fingerprint density at radius 1 is 0.962 bits per heavy atom. The van der Waals surface area contributed by atoms with E-state index in [1.165, 1.54) is 0 Å². The molecule has 3 aromatic carbocycles. The van der Waals surface area contributed by atoms with Crippen LogP contribution in [0.5, 0.6) is 11.5 Å². The molecule has 5 nitrogen and oxygen atoms in total. The minimum atomic E-state index is -0.234. The van der Waals surface area contributed by atoms with Crippen molar-refractivity contribution >= 4 is 17.3 Å². The van der Waals surface area contributed by atoms with E-state index in [1.54, 1.807) is 49.6 Å². The molecule has 0 saturated heterocycles. The molecule has 132 valence electrons. The number of nitrogen functional groups attached to an aromatic ring is 1. The maximum atomic E-state index is 12.4. The zero-order valence-corrected chi connectivity index (χ0v) is 14.4. The predicted molar refractivity (Wildman–Crippen MR) is 103 cm³/mol. The summed E-state index contributed by atoms with van der Waals surface area (Å²) < 4.78 is 11.2. The number of carbonyl (C=O) groups excluding carboxylic acids is 1. The van der Waals surface area contributed by atoms with Crippen LogP contribution in [0.15, 0.2) is 72.8 Å². The van der Waals surface area contributed by atoms with Crippen LogP contribution in [0.3, 0.4) is 0 Å². The van der Waals surface area contributed by atoms with Crippen molar-refractivity contribution in [3.63, 3.8) is 0 Å². The van der Waals surface area contributed by atoms with Gasteiger partial charge in [-0.25, -0.2) is 0 Å². The van der Waals surface area contributed by atoms with Gasteiger partial charge in [-0.15, -0.1) is 0 Å². The van der Waals surface area contributed by atoms with E-state index in [9.17, 15) is 4.79 Å². The lowest BCUT2D eigenvalue weighted by atomic mass is 10.1. The highest BCUT2D eigenvalue weighted by atomic mass is 16.5. The average Bonchev–Trinajstić information content (AvgIpc) is 2.68. The van der Waals surface area contributed by atoms with Crippen LogP contribution in [0, 0.1) is 0 Å². The third-order valence-electron chi connectivity index (χ3n) is 3.83. The number of hydrogen-bond acceptors (Lipinski definition) is 4. The van der Waals surface area contributed by atoms with Crippen LogP contribution >= 0.6 is 0 Å². The van der Waals surface area contributed by atoms with Gasteiger partial charge in [0.1, 0.15) is 6.61 Å². The molecule has 3 rings (SSSR count). The number of nitrogens with one attached hydrogen (secondary N) is 1. The third-order valence-corrected chi connectivity index (χ3v) is 3.83. The van der Waals surface area contributed by atoms with E-state index < -0.39 is 0 Å². The molecular weight excluding hydrogens is 328 g/mol. The van der Waals surface area contributed by atoms with Crippen molar-refractivity contribution in [2.45, 2.75) is 6.61 Å². The predicted octanol–water partition coefficient (Wildman–Crippen LogP) is 4.11. The number of rotatable bonds is 6. The third kappa shape index (κ3) is 4.33. The minimum Gasteiger partial charge on any atom is -0.493 e. The largest absolute Gasteiger partial charge is 0.493 e. The molecule has 0 aliphatic carbocycles. The molecule has 0 aliphatic rings. The number of methoxy groups -OCH3 is 1. The second-order valence-electron chi connectivity index (χ2n) is 5.72. The van der Waals surface area contributed by atoms with Crippen LogP contribution in [0.1, 0.15) is 15.9 Å². The van der Waals surface area contributed by atoms with Crippen molar-refractivity contribution in [1.29, 1.82) is 0 Å². The molecule has 0 bridgehead atoms. The monoisotopic (exact) mass is 348 g/mol. The van der Waals surface area contributed by atoms with Gasteiger partial charge in [0.2, 0.25) is 0 Å². The van der Waals surface area contributed by atoms with Crippen molar-refractivity contribution in [2.75, 3.05) is 18.2 Å². The Balaban J connectivity index is 1.71. The highest BCUT2D eigenvalue weighted by molar-refractivity contribution is 6.04. The van der Waals surface area contributed by atoms with E-state index in [0.29, 0.717) is 35.0 Å². The Labute approximate surface area is 152 Å². The van der Waals surface area contributed by atoms with Crippen molar-refractivity contribution in [2.24, 2.45) is 0 Å². The van der Waals surface area contributed by atoms with Crippen LogP contribution < -0.4 is 20.5 Å². The van der Waals surface area contributed by atoms with Gasteiger partial charge in [-0.3, -0.25) is 4.79 Å². The molecule has 0 aliphatic heterocycles. The summed E-state index contributed by atoms with van der Waals surface area (Å²) >= 11 is 0. The molecule has 0 spiro atoms. The number of carbonyl (C=O) groups is 1. The molecule has 0 unspecified atom stereocenters. The fourth-order valence-corrected chi connectivity index (χ4v) is 2.43. The Morgan fingerprint density at radius 3 is 2.38 bits per heavy atom.